The van der Waals surface area contributed by atoms with Crippen molar-refractivity contribution < 1.29 is 13.9 Å². The number of nitrogens with zero attached hydrogens (tertiary/aromatic N) is 1. The molecule has 0 bridgehead atoms. The molecule has 0 heterocycles. The molecule has 0 aromatic carbocycles. The Balaban J connectivity index is 1.75. The van der Waals surface area contributed by atoms with Crippen LogP contribution in [0.25, 0.3) is 0 Å². The van der Waals surface area contributed by atoms with Gasteiger partial charge in [-0.15, -0.1) is 0 Å². The van der Waals surface area contributed by atoms with Crippen LogP contribution in [0.5, 0.6) is 0 Å². The molecule has 0 radical (unpaired) electrons. The number of halogens is 1. The summed E-state index contributed by atoms with van der Waals surface area (Å²) in [5.74, 6) is 0.524. The molecule has 0 saturated heterocycles. The van der Waals surface area contributed by atoms with Crippen molar-refractivity contribution in [2.75, 3.05) is 14.2 Å². The van der Waals surface area contributed by atoms with Gasteiger partial charge in [0.15, 0.2) is 0 Å². The summed E-state index contributed by atoms with van der Waals surface area (Å²) in [5.41, 5.74) is 1.27. The first-order valence-electron chi connectivity index (χ1n) is 7.64. The third-order valence-electron chi connectivity index (χ3n) is 4.63. The lowest BCUT2D eigenvalue weighted by Crippen LogP contribution is -2.30. The molecular formula is C16H26FNO2. The highest BCUT2D eigenvalue weighted by Crippen LogP contribution is 2.51. The molecule has 2 aliphatic carbocycles. The fourth-order valence-electron chi connectivity index (χ4n) is 3.19. The Labute approximate surface area is 121 Å². The zero-order valence-electron chi connectivity index (χ0n) is 12.9. The van der Waals surface area contributed by atoms with E-state index in [-0.39, 0.29) is 29.9 Å². The van der Waals surface area contributed by atoms with Crippen molar-refractivity contribution in [3.63, 3.8) is 0 Å². The predicted molar refractivity (Wildman–Crippen MR) is 77.1 cm³/mol. The number of rotatable bonds is 8. The van der Waals surface area contributed by atoms with E-state index in [2.05, 4.69) is 13.0 Å². The number of hydrogen-bond acceptors (Lipinski definition) is 2. The van der Waals surface area contributed by atoms with E-state index in [1.54, 1.807) is 14.0 Å². The summed E-state index contributed by atoms with van der Waals surface area (Å²) < 4.78 is 18.7. The van der Waals surface area contributed by atoms with E-state index in [0.717, 1.165) is 19.3 Å². The van der Waals surface area contributed by atoms with Crippen LogP contribution < -0.4 is 0 Å². The number of ether oxygens (including phenoxy) is 1. The van der Waals surface area contributed by atoms with Crippen LogP contribution in [0.15, 0.2) is 11.6 Å². The average molecular weight is 283 g/mol. The maximum absolute atomic E-state index is 13.4. The summed E-state index contributed by atoms with van der Waals surface area (Å²) in [4.78, 5) is 13.8. The van der Waals surface area contributed by atoms with Gasteiger partial charge < -0.3 is 9.64 Å². The van der Waals surface area contributed by atoms with Gasteiger partial charge in [0.25, 0.3) is 0 Å². The lowest BCUT2D eigenvalue weighted by molar-refractivity contribution is -0.130. The van der Waals surface area contributed by atoms with Crippen molar-refractivity contribution in [1.82, 2.24) is 4.90 Å². The van der Waals surface area contributed by atoms with Crippen LogP contribution in [0.2, 0.25) is 0 Å². The largest absolute Gasteiger partial charge is 0.381 e. The van der Waals surface area contributed by atoms with Gasteiger partial charge in [0.1, 0.15) is 6.17 Å². The fourth-order valence-corrected chi connectivity index (χ4v) is 3.19. The Hall–Kier alpha value is -0.900. The van der Waals surface area contributed by atoms with E-state index in [9.17, 15) is 9.18 Å². The van der Waals surface area contributed by atoms with Gasteiger partial charge >= 0.3 is 0 Å². The third-order valence-corrected chi connectivity index (χ3v) is 4.63. The molecule has 0 spiro atoms. The minimum absolute atomic E-state index is 0.0308. The molecule has 5 atom stereocenters. The lowest BCUT2D eigenvalue weighted by atomic mass is 10.1. The molecule has 2 rings (SSSR count). The molecule has 0 unspecified atom stereocenters. The van der Waals surface area contributed by atoms with Gasteiger partial charge in [0.05, 0.1) is 12.1 Å². The van der Waals surface area contributed by atoms with Crippen LogP contribution in [0.1, 0.15) is 39.5 Å². The second-order valence-electron chi connectivity index (χ2n) is 6.12. The van der Waals surface area contributed by atoms with Gasteiger partial charge in [-0.1, -0.05) is 19.4 Å². The van der Waals surface area contributed by atoms with Crippen molar-refractivity contribution in [2.45, 2.75) is 57.8 Å². The zero-order valence-corrected chi connectivity index (χ0v) is 12.9. The minimum atomic E-state index is -0.813. The molecule has 1 amide bonds. The predicted octanol–water partition coefficient (Wildman–Crippen LogP) is 2.95. The molecule has 1 fully saturated rings. The summed E-state index contributed by atoms with van der Waals surface area (Å²) in [5, 5.41) is 0. The van der Waals surface area contributed by atoms with Crippen LogP contribution in [0, 0.1) is 11.8 Å². The topological polar surface area (TPSA) is 29.5 Å². The van der Waals surface area contributed by atoms with Crippen LogP contribution in [-0.2, 0) is 9.53 Å². The van der Waals surface area contributed by atoms with Crippen LogP contribution in [0.4, 0.5) is 4.39 Å². The van der Waals surface area contributed by atoms with Crippen molar-refractivity contribution in [3.8, 4) is 0 Å². The van der Waals surface area contributed by atoms with E-state index < -0.39 is 6.17 Å². The zero-order chi connectivity index (χ0) is 14.9. The van der Waals surface area contributed by atoms with E-state index in [1.165, 1.54) is 5.57 Å². The third kappa shape index (κ3) is 3.22. The Bertz CT molecular complexity index is 394. The number of carbonyl (C=O) groups is 1. The highest BCUT2D eigenvalue weighted by molar-refractivity contribution is 5.78. The first-order valence-corrected chi connectivity index (χ1v) is 7.64. The standard InChI is InChI=1S/C16H26FNO2/c1-5-6-7-14(19)18(3)13-9-11(13)8-12-15(10(2)17)16(12)20-4/h9-10,12-13,15-16H,5-8H2,1-4H3/t10-,12+,13-,15-,16-/m0/s1. The molecule has 0 aromatic heterocycles. The van der Waals surface area contributed by atoms with E-state index in [1.807, 2.05) is 11.9 Å². The first-order chi connectivity index (χ1) is 9.51. The van der Waals surface area contributed by atoms with E-state index in [0.29, 0.717) is 6.42 Å². The van der Waals surface area contributed by atoms with Crippen molar-refractivity contribution in [1.29, 1.82) is 0 Å². The number of methoxy groups -OCH3 is 1. The van der Waals surface area contributed by atoms with Crippen LogP contribution >= 0.6 is 0 Å². The van der Waals surface area contributed by atoms with E-state index >= 15 is 0 Å². The summed E-state index contributed by atoms with van der Waals surface area (Å²) in [6, 6.07) is 0.174. The molecule has 1 saturated carbocycles. The Morgan fingerprint density at radius 1 is 1.55 bits per heavy atom. The lowest BCUT2D eigenvalue weighted by Gasteiger charge is -2.18. The quantitative estimate of drug-likeness (QED) is 0.641. The van der Waals surface area contributed by atoms with Gasteiger partial charge in [-0.2, -0.15) is 0 Å². The number of amides is 1. The SMILES string of the molecule is CCCCC(=O)N(C)[C@H]1C=C1C[C@H]1[C@H](OC)[C@H]1[C@H](C)F. The number of likely N-dealkylation sites (N-methyl/N-ethyl adjacent to an activating group) is 1. The van der Waals surface area contributed by atoms with Crippen LogP contribution in [-0.4, -0.2) is 43.3 Å². The summed E-state index contributed by atoms with van der Waals surface area (Å²) in [6.07, 6.45) is 4.84. The summed E-state index contributed by atoms with van der Waals surface area (Å²) in [6.45, 7) is 3.69. The van der Waals surface area contributed by atoms with Crippen molar-refractivity contribution in [2.24, 2.45) is 11.8 Å². The maximum Gasteiger partial charge on any atom is 0.223 e. The van der Waals surface area contributed by atoms with Gasteiger partial charge in [0.2, 0.25) is 5.91 Å². The van der Waals surface area contributed by atoms with E-state index in [4.69, 9.17) is 4.74 Å². The van der Waals surface area contributed by atoms with Crippen molar-refractivity contribution in [3.05, 3.63) is 11.6 Å². The smallest absolute Gasteiger partial charge is 0.223 e. The second-order valence-corrected chi connectivity index (χ2v) is 6.12. The number of unbranched alkanes of at least 4 members (excludes halogenated alkanes) is 1. The minimum Gasteiger partial charge on any atom is -0.381 e. The molecule has 4 heteroatoms. The van der Waals surface area contributed by atoms with Crippen LogP contribution in [0.3, 0.4) is 0 Å². The van der Waals surface area contributed by atoms with Gasteiger partial charge in [-0.25, -0.2) is 4.39 Å². The maximum atomic E-state index is 13.4. The molecule has 2 aliphatic rings. The number of carbonyl (C=O) groups excluding carboxylic acids is 1. The Kier molecular flexibility index (Phi) is 4.84. The monoisotopic (exact) mass is 283 g/mol. The molecule has 0 aromatic rings. The summed E-state index contributed by atoms with van der Waals surface area (Å²) in [7, 11) is 3.52. The van der Waals surface area contributed by atoms with Gasteiger partial charge in [-0.05, 0) is 31.3 Å². The molecule has 0 N–H and O–H groups in total. The molecular weight excluding hydrogens is 257 g/mol. The highest BCUT2D eigenvalue weighted by Gasteiger charge is 2.55. The molecule has 3 nitrogen and oxygen atoms in total. The highest BCUT2D eigenvalue weighted by atomic mass is 19.1. The first kappa shape index (κ1) is 15.5. The second kappa shape index (κ2) is 6.25. The molecule has 20 heavy (non-hydrogen) atoms. The Morgan fingerprint density at radius 3 is 2.75 bits per heavy atom. The fraction of sp³-hybridized carbons (Fsp3) is 0.812. The number of hydrogen-bond donors (Lipinski definition) is 0. The normalized spacial score (nSPS) is 32.5. The van der Waals surface area contributed by atoms with Crippen molar-refractivity contribution >= 4 is 5.91 Å². The van der Waals surface area contributed by atoms with Gasteiger partial charge in [-0.3, -0.25) is 4.79 Å². The number of alkyl halides is 1. The molecule has 114 valence electrons. The Morgan fingerprint density at radius 2 is 2.25 bits per heavy atom. The average Bonchev–Trinajstić information content (AvgIpc) is 3.31. The molecule has 0 aliphatic heterocycles. The van der Waals surface area contributed by atoms with Gasteiger partial charge in [0, 0.05) is 26.5 Å². The summed E-state index contributed by atoms with van der Waals surface area (Å²) >= 11 is 0.